The van der Waals surface area contributed by atoms with Gasteiger partial charge < -0.3 is 0 Å². The van der Waals surface area contributed by atoms with Crippen molar-refractivity contribution in [1.29, 1.82) is 0 Å². The van der Waals surface area contributed by atoms with Crippen LogP contribution in [0.4, 0.5) is 5.13 Å². The third kappa shape index (κ3) is 2.50. The van der Waals surface area contributed by atoms with Gasteiger partial charge in [0.15, 0.2) is 0 Å². The first-order valence-corrected chi connectivity index (χ1v) is 6.93. The van der Waals surface area contributed by atoms with Gasteiger partial charge in [0.1, 0.15) is 0 Å². The van der Waals surface area contributed by atoms with Crippen LogP contribution in [-0.2, 0) is 0 Å². The summed E-state index contributed by atoms with van der Waals surface area (Å²) in [5.41, 5.74) is 7.44. The Morgan fingerprint density at radius 3 is 2.76 bits per heavy atom. The van der Waals surface area contributed by atoms with Crippen molar-refractivity contribution in [3.63, 3.8) is 0 Å². The maximum Gasteiger partial charge on any atom is 0.204 e. The molecule has 17 heavy (non-hydrogen) atoms. The zero-order valence-electron chi connectivity index (χ0n) is 10.3. The molecule has 0 radical (unpaired) electrons. The van der Waals surface area contributed by atoms with Crippen LogP contribution in [0.1, 0.15) is 25.0 Å². The molecule has 0 saturated carbocycles. The molecule has 0 amide bonds. The van der Waals surface area contributed by atoms with E-state index in [2.05, 4.69) is 51.4 Å². The lowest BCUT2D eigenvalue weighted by Gasteiger charge is -2.01. The highest BCUT2D eigenvalue weighted by Crippen LogP contribution is 2.34. The van der Waals surface area contributed by atoms with E-state index in [1.54, 1.807) is 11.3 Å². The number of nitrogens with zero attached hydrogens (tertiary/aromatic N) is 2. The van der Waals surface area contributed by atoms with Crippen molar-refractivity contribution in [3.05, 3.63) is 21.7 Å². The van der Waals surface area contributed by atoms with E-state index < -0.39 is 0 Å². The van der Waals surface area contributed by atoms with Crippen LogP contribution < -0.4 is 5.43 Å². The topological polar surface area (TPSA) is 37.3 Å². The van der Waals surface area contributed by atoms with E-state index in [4.69, 9.17) is 0 Å². The summed E-state index contributed by atoms with van der Waals surface area (Å²) in [6, 6.07) is 2.11. The van der Waals surface area contributed by atoms with Gasteiger partial charge in [0.2, 0.25) is 5.13 Å². The molecule has 3 nitrogen and oxygen atoms in total. The van der Waals surface area contributed by atoms with Gasteiger partial charge in [0.25, 0.3) is 0 Å². The van der Waals surface area contributed by atoms with E-state index in [0.29, 0.717) is 0 Å². The molecule has 1 heterocycles. The van der Waals surface area contributed by atoms with Crippen LogP contribution in [-0.4, -0.2) is 10.7 Å². The maximum atomic E-state index is 4.57. The van der Waals surface area contributed by atoms with Crippen molar-refractivity contribution in [1.82, 2.24) is 4.98 Å². The molecule has 1 aromatic carbocycles. The quantitative estimate of drug-likeness (QED) is 0.655. The van der Waals surface area contributed by atoms with Gasteiger partial charge in [-0.3, -0.25) is 5.43 Å². The fraction of sp³-hybridized carbons (Fsp3) is 0.333. The number of hydrogen-bond donors (Lipinski definition) is 1. The second kappa shape index (κ2) is 4.74. The SMILES string of the molecule is CC(C)=NNc1nc2c(C)cc(Br)c(C)c2s1. The molecule has 90 valence electrons. The molecule has 1 N–H and O–H groups in total. The normalized spacial score (nSPS) is 10.6. The highest BCUT2D eigenvalue weighted by Gasteiger charge is 2.10. The zero-order valence-corrected chi connectivity index (χ0v) is 12.7. The highest BCUT2D eigenvalue weighted by atomic mass is 79.9. The van der Waals surface area contributed by atoms with Crippen molar-refractivity contribution in [3.8, 4) is 0 Å². The van der Waals surface area contributed by atoms with Crippen LogP contribution in [0.25, 0.3) is 10.2 Å². The Kier molecular flexibility index (Phi) is 3.49. The summed E-state index contributed by atoms with van der Waals surface area (Å²) in [5.74, 6) is 0. The smallest absolute Gasteiger partial charge is 0.204 e. The molecule has 0 bridgehead atoms. The van der Waals surface area contributed by atoms with Crippen molar-refractivity contribution < 1.29 is 0 Å². The van der Waals surface area contributed by atoms with Crippen molar-refractivity contribution in [2.75, 3.05) is 5.43 Å². The van der Waals surface area contributed by atoms with E-state index in [0.717, 1.165) is 20.8 Å². The Hall–Kier alpha value is -0.940. The summed E-state index contributed by atoms with van der Waals surface area (Å²) >= 11 is 5.20. The third-order valence-electron chi connectivity index (χ3n) is 2.42. The zero-order chi connectivity index (χ0) is 12.6. The van der Waals surface area contributed by atoms with E-state index >= 15 is 0 Å². The number of aryl methyl sites for hydroxylation is 2. The molecule has 0 atom stereocenters. The lowest BCUT2D eigenvalue weighted by molar-refractivity contribution is 1.28. The maximum absolute atomic E-state index is 4.57. The minimum absolute atomic E-state index is 0.838. The molecule has 0 unspecified atom stereocenters. The standard InChI is InChI=1S/C12H14BrN3S/c1-6(2)15-16-12-14-10-7(3)5-9(13)8(4)11(10)17-12/h5H,1-4H3,(H,14,16). The van der Waals surface area contributed by atoms with Crippen LogP contribution >= 0.6 is 27.3 Å². The number of thiazole rings is 1. The first kappa shape index (κ1) is 12.5. The summed E-state index contributed by atoms with van der Waals surface area (Å²) in [6.45, 7) is 8.08. The van der Waals surface area contributed by atoms with Crippen LogP contribution in [0, 0.1) is 13.8 Å². The number of hydrogen-bond acceptors (Lipinski definition) is 4. The second-order valence-corrected chi connectivity index (χ2v) is 6.02. The summed E-state index contributed by atoms with van der Waals surface area (Å²) in [5, 5.41) is 5.01. The molecule has 2 rings (SSSR count). The monoisotopic (exact) mass is 311 g/mol. The van der Waals surface area contributed by atoms with Crippen LogP contribution in [0.15, 0.2) is 15.6 Å². The first-order valence-electron chi connectivity index (χ1n) is 5.32. The number of benzene rings is 1. The molecule has 0 saturated heterocycles. The average Bonchev–Trinajstić information content (AvgIpc) is 2.68. The molecule has 0 aliphatic rings. The molecule has 2 aromatic rings. The third-order valence-corrected chi connectivity index (χ3v) is 4.32. The van der Waals surface area contributed by atoms with Gasteiger partial charge >= 0.3 is 0 Å². The van der Waals surface area contributed by atoms with Gasteiger partial charge in [0, 0.05) is 10.2 Å². The molecule has 1 aromatic heterocycles. The van der Waals surface area contributed by atoms with Gasteiger partial charge in [0.05, 0.1) is 10.2 Å². The van der Waals surface area contributed by atoms with Crippen LogP contribution in [0.2, 0.25) is 0 Å². The van der Waals surface area contributed by atoms with E-state index in [1.807, 2.05) is 13.8 Å². The Balaban J connectivity index is 2.53. The van der Waals surface area contributed by atoms with Crippen molar-refractivity contribution in [2.24, 2.45) is 5.10 Å². The fourth-order valence-corrected chi connectivity index (χ4v) is 3.18. The summed E-state index contributed by atoms with van der Waals surface area (Å²) in [6.07, 6.45) is 0. The van der Waals surface area contributed by atoms with Gasteiger partial charge in [-0.1, -0.05) is 27.3 Å². The predicted molar refractivity (Wildman–Crippen MR) is 79.2 cm³/mol. The van der Waals surface area contributed by atoms with Crippen LogP contribution in [0.5, 0.6) is 0 Å². The van der Waals surface area contributed by atoms with E-state index in [-0.39, 0.29) is 0 Å². The number of halogens is 1. The molecule has 0 aliphatic heterocycles. The Bertz CT molecular complexity index is 597. The Morgan fingerprint density at radius 1 is 1.41 bits per heavy atom. The second-order valence-electron chi connectivity index (χ2n) is 4.17. The summed E-state index contributed by atoms with van der Waals surface area (Å²) < 4.78 is 2.34. The largest absolute Gasteiger partial charge is 0.253 e. The van der Waals surface area contributed by atoms with Gasteiger partial charge in [-0.05, 0) is 44.9 Å². The predicted octanol–water partition coefficient (Wildman–Crippen LogP) is 4.48. The first-order chi connectivity index (χ1) is 7.99. The average molecular weight is 312 g/mol. The van der Waals surface area contributed by atoms with Gasteiger partial charge in [-0.15, -0.1) is 0 Å². The minimum atomic E-state index is 0.838. The number of fused-ring (bicyclic) bond motifs is 1. The minimum Gasteiger partial charge on any atom is -0.253 e. The lowest BCUT2D eigenvalue weighted by atomic mass is 10.1. The number of nitrogens with one attached hydrogen (secondary N) is 1. The van der Waals surface area contributed by atoms with Crippen molar-refractivity contribution >= 4 is 48.3 Å². The fourth-order valence-electron chi connectivity index (χ4n) is 1.52. The highest BCUT2D eigenvalue weighted by molar-refractivity contribution is 9.10. The van der Waals surface area contributed by atoms with Crippen molar-refractivity contribution in [2.45, 2.75) is 27.7 Å². The number of hydrazone groups is 1. The Morgan fingerprint density at radius 2 is 2.12 bits per heavy atom. The van der Waals surface area contributed by atoms with E-state index in [1.165, 1.54) is 15.8 Å². The Labute approximate surface area is 113 Å². The lowest BCUT2D eigenvalue weighted by Crippen LogP contribution is -1.91. The summed E-state index contributed by atoms with van der Waals surface area (Å²) in [7, 11) is 0. The van der Waals surface area contributed by atoms with Gasteiger partial charge in [-0.25, -0.2) is 4.98 Å². The molecular weight excluding hydrogens is 298 g/mol. The van der Waals surface area contributed by atoms with Gasteiger partial charge in [-0.2, -0.15) is 5.10 Å². The molecule has 0 fully saturated rings. The van der Waals surface area contributed by atoms with Crippen LogP contribution in [0.3, 0.4) is 0 Å². The molecule has 5 heteroatoms. The number of rotatable bonds is 2. The summed E-state index contributed by atoms with van der Waals surface area (Å²) in [4.78, 5) is 4.57. The molecule has 0 spiro atoms. The number of aromatic nitrogens is 1. The molecule has 0 aliphatic carbocycles. The van der Waals surface area contributed by atoms with E-state index in [9.17, 15) is 0 Å². The molecular formula is C12H14BrN3S. The number of anilines is 1.